The van der Waals surface area contributed by atoms with Crippen molar-refractivity contribution in [3.8, 4) is 0 Å². The van der Waals surface area contributed by atoms with E-state index >= 15 is 0 Å². The highest BCUT2D eigenvalue weighted by atomic mass is 16.5. The van der Waals surface area contributed by atoms with Crippen LogP contribution in [-0.4, -0.2) is 24.9 Å². The number of hydrogen-bond acceptors (Lipinski definition) is 6. The van der Waals surface area contributed by atoms with E-state index in [9.17, 15) is 0 Å². The number of nitrogens with zero attached hydrogens (tertiary/aromatic N) is 5. The SMILES string of the molecule is Cc1nc(C)n(Cc2cccc(NCc3noc(CC(C)C)n3)c2)n1. The molecule has 0 bridgehead atoms. The maximum Gasteiger partial charge on any atom is 0.226 e. The summed E-state index contributed by atoms with van der Waals surface area (Å²) in [6.07, 6.45) is 0.805. The number of benzene rings is 1. The third-order valence-electron chi connectivity index (χ3n) is 3.77. The highest BCUT2D eigenvalue weighted by Gasteiger charge is 2.08. The second-order valence-electron chi connectivity index (χ2n) is 6.62. The standard InChI is InChI=1S/C18H24N6O/c1-12(2)8-18-21-17(23-25-18)10-19-16-7-5-6-15(9-16)11-24-14(4)20-13(3)22-24/h5-7,9,12,19H,8,10-11H2,1-4H3. The lowest BCUT2D eigenvalue weighted by molar-refractivity contribution is 0.359. The topological polar surface area (TPSA) is 81.7 Å². The smallest absolute Gasteiger partial charge is 0.226 e. The summed E-state index contributed by atoms with van der Waals surface area (Å²) in [5.41, 5.74) is 2.17. The summed E-state index contributed by atoms with van der Waals surface area (Å²) >= 11 is 0. The number of rotatable bonds is 7. The molecule has 0 spiro atoms. The van der Waals surface area contributed by atoms with Crippen LogP contribution in [0.1, 0.15) is 42.8 Å². The molecule has 7 nitrogen and oxygen atoms in total. The molecule has 0 aliphatic carbocycles. The minimum absolute atomic E-state index is 0.502. The molecular weight excluding hydrogens is 316 g/mol. The van der Waals surface area contributed by atoms with E-state index in [1.165, 1.54) is 0 Å². The minimum Gasteiger partial charge on any atom is -0.378 e. The van der Waals surface area contributed by atoms with Crippen molar-refractivity contribution in [2.24, 2.45) is 5.92 Å². The molecule has 1 aromatic carbocycles. The van der Waals surface area contributed by atoms with Gasteiger partial charge in [0.05, 0.1) is 13.1 Å². The Morgan fingerprint density at radius 1 is 1.20 bits per heavy atom. The van der Waals surface area contributed by atoms with Crippen LogP contribution in [0, 0.1) is 19.8 Å². The average molecular weight is 340 g/mol. The van der Waals surface area contributed by atoms with Gasteiger partial charge in [-0.1, -0.05) is 31.1 Å². The summed E-state index contributed by atoms with van der Waals surface area (Å²) in [5, 5.41) is 11.8. The van der Waals surface area contributed by atoms with E-state index in [0.29, 0.717) is 30.7 Å². The van der Waals surface area contributed by atoms with Crippen molar-refractivity contribution in [3.05, 3.63) is 53.2 Å². The molecule has 0 unspecified atom stereocenters. The summed E-state index contributed by atoms with van der Waals surface area (Å²) in [5.74, 6) is 3.57. The molecule has 1 N–H and O–H groups in total. The van der Waals surface area contributed by atoms with Gasteiger partial charge in [0.2, 0.25) is 5.89 Å². The van der Waals surface area contributed by atoms with Gasteiger partial charge in [-0.05, 0) is 37.5 Å². The molecule has 0 saturated carbocycles. The Morgan fingerprint density at radius 2 is 2.04 bits per heavy atom. The van der Waals surface area contributed by atoms with Crippen LogP contribution >= 0.6 is 0 Å². The van der Waals surface area contributed by atoms with Crippen molar-refractivity contribution < 1.29 is 4.52 Å². The first-order valence-corrected chi connectivity index (χ1v) is 8.52. The number of aromatic nitrogens is 5. The van der Waals surface area contributed by atoms with Gasteiger partial charge in [0, 0.05) is 12.1 Å². The second kappa shape index (κ2) is 7.46. The lowest BCUT2D eigenvalue weighted by Crippen LogP contribution is -2.06. The number of anilines is 1. The first-order valence-electron chi connectivity index (χ1n) is 8.52. The summed E-state index contributed by atoms with van der Waals surface area (Å²) in [4.78, 5) is 8.74. The van der Waals surface area contributed by atoms with Crippen LogP contribution < -0.4 is 5.32 Å². The van der Waals surface area contributed by atoms with E-state index in [1.807, 2.05) is 30.7 Å². The van der Waals surface area contributed by atoms with Crippen molar-refractivity contribution in [2.45, 2.75) is 47.2 Å². The maximum absolute atomic E-state index is 5.26. The van der Waals surface area contributed by atoms with Crippen molar-refractivity contribution in [3.63, 3.8) is 0 Å². The van der Waals surface area contributed by atoms with Gasteiger partial charge < -0.3 is 9.84 Å². The molecule has 0 aliphatic rings. The third-order valence-corrected chi connectivity index (χ3v) is 3.77. The highest BCUT2D eigenvalue weighted by molar-refractivity contribution is 5.45. The lowest BCUT2D eigenvalue weighted by atomic mass is 10.1. The fraction of sp³-hybridized carbons (Fsp3) is 0.444. The largest absolute Gasteiger partial charge is 0.378 e. The van der Waals surface area contributed by atoms with Gasteiger partial charge in [-0.25, -0.2) is 9.67 Å². The van der Waals surface area contributed by atoms with Gasteiger partial charge >= 0.3 is 0 Å². The Balaban J connectivity index is 1.61. The molecule has 2 aromatic heterocycles. The Labute approximate surface area is 147 Å². The summed E-state index contributed by atoms with van der Waals surface area (Å²) in [6, 6.07) is 8.23. The highest BCUT2D eigenvalue weighted by Crippen LogP contribution is 2.14. The Bertz CT molecular complexity index is 836. The van der Waals surface area contributed by atoms with Gasteiger partial charge in [0.25, 0.3) is 0 Å². The van der Waals surface area contributed by atoms with E-state index in [0.717, 1.165) is 29.3 Å². The zero-order valence-electron chi connectivity index (χ0n) is 15.2. The normalized spacial score (nSPS) is 11.2. The first-order chi connectivity index (χ1) is 12.0. The molecule has 0 amide bonds. The molecule has 0 fully saturated rings. The van der Waals surface area contributed by atoms with Gasteiger partial charge in [-0.2, -0.15) is 10.1 Å². The van der Waals surface area contributed by atoms with Crippen LogP contribution in [0.3, 0.4) is 0 Å². The summed E-state index contributed by atoms with van der Waals surface area (Å²) in [7, 11) is 0. The predicted octanol–water partition coefficient (Wildman–Crippen LogP) is 3.14. The molecule has 132 valence electrons. The zero-order valence-corrected chi connectivity index (χ0v) is 15.2. The molecule has 0 aliphatic heterocycles. The van der Waals surface area contributed by atoms with Crippen molar-refractivity contribution >= 4 is 5.69 Å². The van der Waals surface area contributed by atoms with E-state index < -0.39 is 0 Å². The van der Waals surface area contributed by atoms with E-state index in [-0.39, 0.29) is 0 Å². The van der Waals surface area contributed by atoms with Crippen LogP contribution in [0.4, 0.5) is 5.69 Å². The number of nitrogens with one attached hydrogen (secondary N) is 1. The van der Waals surface area contributed by atoms with Crippen LogP contribution in [-0.2, 0) is 19.5 Å². The molecule has 0 saturated heterocycles. The molecule has 25 heavy (non-hydrogen) atoms. The lowest BCUT2D eigenvalue weighted by Gasteiger charge is -2.07. The monoisotopic (exact) mass is 340 g/mol. The first kappa shape index (κ1) is 17.1. The number of aryl methyl sites for hydroxylation is 2. The summed E-state index contributed by atoms with van der Waals surface area (Å²) < 4.78 is 7.17. The van der Waals surface area contributed by atoms with Gasteiger partial charge in [-0.3, -0.25) is 0 Å². The Kier molecular flexibility index (Phi) is 5.11. The molecule has 7 heteroatoms. The third kappa shape index (κ3) is 4.65. The van der Waals surface area contributed by atoms with Gasteiger partial charge in [0.15, 0.2) is 5.82 Å². The van der Waals surface area contributed by atoms with Crippen molar-refractivity contribution in [2.75, 3.05) is 5.32 Å². The summed E-state index contributed by atoms with van der Waals surface area (Å²) in [6.45, 7) is 9.36. The molecular formula is C18H24N6O. The fourth-order valence-electron chi connectivity index (χ4n) is 2.64. The number of hydrogen-bond donors (Lipinski definition) is 1. The van der Waals surface area contributed by atoms with Gasteiger partial charge in [0.1, 0.15) is 11.6 Å². The Hall–Kier alpha value is -2.70. The molecule has 3 aromatic rings. The van der Waals surface area contributed by atoms with Gasteiger partial charge in [-0.15, -0.1) is 0 Å². The fourth-order valence-corrected chi connectivity index (χ4v) is 2.64. The molecule has 3 rings (SSSR count). The second-order valence-corrected chi connectivity index (χ2v) is 6.62. The van der Waals surface area contributed by atoms with E-state index in [4.69, 9.17) is 4.52 Å². The molecule has 0 radical (unpaired) electrons. The van der Waals surface area contributed by atoms with Crippen LogP contribution in [0.5, 0.6) is 0 Å². The molecule has 0 atom stereocenters. The van der Waals surface area contributed by atoms with Crippen LogP contribution in [0.15, 0.2) is 28.8 Å². The zero-order chi connectivity index (χ0) is 17.8. The van der Waals surface area contributed by atoms with Crippen LogP contribution in [0.25, 0.3) is 0 Å². The van der Waals surface area contributed by atoms with Crippen LogP contribution in [0.2, 0.25) is 0 Å². The predicted molar refractivity (Wildman–Crippen MR) is 95.2 cm³/mol. The molecule has 2 heterocycles. The Morgan fingerprint density at radius 3 is 2.76 bits per heavy atom. The minimum atomic E-state index is 0.502. The van der Waals surface area contributed by atoms with E-state index in [1.54, 1.807) is 0 Å². The van der Waals surface area contributed by atoms with Crippen molar-refractivity contribution in [1.29, 1.82) is 0 Å². The average Bonchev–Trinajstić information content (AvgIpc) is 3.11. The van der Waals surface area contributed by atoms with Crippen molar-refractivity contribution in [1.82, 2.24) is 24.9 Å². The van der Waals surface area contributed by atoms with E-state index in [2.05, 4.69) is 51.5 Å². The maximum atomic E-state index is 5.26. The quantitative estimate of drug-likeness (QED) is 0.711.